The predicted molar refractivity (Wildman–Crippen MR) is 70.7 cm³/mol. The van der Waals surface area contributed by atoms with Gasteiger partial charge in [-0.3, -0.25) is 9.59 Å². The van der Waals surface area contributed by atoms with Crippen molar-refractivity contribution >= 4 is 11.8 Å². The van der Waals surface area contributed by atoms with Gasteiger partial charge in [0.25, 0.3) is 0 Å². The second kappa shape index (κ2) is 6.22. The van der Waals surface area contributed by atoms with E-state index in [0.717, 1.165) is 17.7 Å². The Balaban J connectivity index is 1.90. The number of nitrogens with one attached hydrogen (secondary N) is 2. The van der Waals surface area contributed by atoms with E-state index in [0.29, 0.717) is 19.6 Å². The summed E-state index contributed by atoms with van der Waals surface area (Å²) in [6.45, 7) is 2.41. The highest BCUT2D eigenvalue weighted by Gasteiger charge is 2.22. The lowest BCUT2D eigenvalue weighted by molar-refractivity contribution is -0.122. The van der Waals surface area contributed by atoms with Gasteiger partial charge in [-0.25, -0.2) is 0 Å². The number of rotatable bonds is 4. The van der Waals surface area contributed by atoms with E-state index in [1.54, 1.807) is 0 Å². The molecule has 1 atom stereocenters. The van der Waals surface area contributed by atoms with Crippen LogP contribution in [-0.4, -0.2) is 25.0 Å². The quantitative estimate of drug-likeness (QED) is 0.855. The first-order valence-electron chi connectivity index (χ1n) is 6.42. The van der Waals surface area contributed by atoms with Crippen LogP contribution in [0.4, 0.5) is 0 Å². The number of hydrogen-bond acceptors (Lipinski definition) is 3. The van der Waals surface area contributed by atoms with Crippen LogP contribution in [-0.2, 0) is 9.59 Å². The highest BCUT2D eigenvalue weighted by Crippen LogP contribution is 2.31. The Hall–Kier alpha value is -2.04. The normalized spacial score (nSPS) is 17.0. The molecule has 1 aliphatic heterocycles. The predicted octanol–water partition coefficient (Wildman–Crippen LogP) is 1.15. The molecule has 0 saturated heterocycles. The average Bonchev–Trinajstić information content (AvgIpc) is 2.39. The van der Waals surface area contributed by atoms with Gasteiger partial charge in [0, 0.05) is 31.9 Å². The van der Waals surface area contributed by atoms with Crippen LogP contribution in [0.1, 0.15) is 31.4 Å². The fourth-order valence-electron chi connectivity index (χ4n) is 2.11. The van der Waals surface area contributed by atoms with Crippen molar-refractivity contribution in [1.82, 2.24) is 10.6 Å². The van der Waals surface area contributed by atoms with Gasteiger partial charge in [-0.2, -0.15) is 0 Å². The summed E-state index contributed by atoms with van der Waals surface area (Å²) in [5.41, 5.74) is 1.02. The lowest BCUT2D eigenvalue weighted by atomic mass is 10.0. The van der Waals surface area contributed by atoms with E-state index in [4.69, 9.17) is 4.74 Å². The van der Waals surface area contributed by atoms with Gasteiger partial charge in [-0.1, -0.05) is 18.2 Å². The van der Waals surface area contributed by atoms with E-state index in [9.17, 15) is 9.59 Å². The van der Waals surface area contributed by atoms with Crippen LogP contribution in [0, 0.1) is 0 Å². The summed E-state index contributed by atoms with van der Waals surface area (Å²) in [6, 6.07) is 7.72. The van der Waals surface area contributed by atoms with E-state index >= 15 is 0 Å². The molecule has 2 rings (SSSR count). The van der Waals surface area contributed by atoms with E-state index < -0.39 is 0 Å². The van der Waals surface area contributed by atoms with Crippen LogP contribution in [0.25, 0.3) is 0 Å². The molecule has 0 saturated carbocycles. The Morgan fingerprint density at radius 1 is 1.37 bits per heavy atom. The first-order valence-corrected chi connectivity index (χ1v) is 6.42. The van der Waals surface area contributed by atoms with Crippen LogP contribution >= 0.6 is 0 Å². The zero-order valence-electron chi connectivity index (χ0n) is 10.9. The second-order valence-electron chi connectivity index (χ2n) is 4.53. The summed E-state index contributed by atoms with van der Waals surface area (Å²) in [7, 11) is 0. The summed E-state index contributed by atoms with van der Waals surface area (Å²) in [5, 5.41) is 5.59. The molecule has 1 aliphatic rings. The molecule has 0 bridgehead atoms. The van der Waals surface area contributed by atoms with Gasteiger partial charge in [-0.05, 0) is 6.07 Å². The van der Waals surface area contributed by atoms with Gasteiger partial charge in [-0.15, -0.1) is 0 Å². The van der Waals surface area contributed by atoms with Crippen molar-refractivity contribution in [3.63, 3.8) is 0 Å². The van der Waals surface area contributed by atoms with E-state index in [1.807, 2.05) is 24.3 Å². The minimum Gasteiger partial charge on any atom is -0.493 e. The Kier molecular flexibility index (Phi) is 4.39. The SMILES string of the molecule is CC(=O)NCCC(=O)NC1CCOc2ccccc21. The third-order valence-electron chi connectivity index (χ3n) is 3.02. The molecule has 0 spiro atoms. The molecule has 102 valence electrons. The molecule has 1 unspecified atom stereocenters. The Bertz CT molecular complexity index is 474. The Morgan fingerprint density at radius 2 is 2.16 bits per heavy atom. The molecule has 2 amide bonds. The molecule has 1 aromatic rings. The molecule has 0 aromatic heterocycles. The van der Waals surface area contributed by atoms with Crippen LogP contribution in [0.2, 0.25) is 0 Å². The molecule has 0 fully saturated rings. The number of carbonyl (C=O) groups excluding carboxylic acids is 2. The number of carbonyl (C=O) groups is 2. The van der Waals surface area contributed by atoms with Crippen molar-refractivity contribution < 1.29 is 14.3 Å². The Morgan fingerprint density at radius 3 is 2.95 bits per heavy atom. The smallest absolute Gasteiger partial charge is 0.222 e. The largest absolute Gasteiger partial charge is 0.493 e. The maximum atomic E-state index is 11.8. The standard InChI is InChI=1S/C14H18N2O3/c1-10(17)15-8-6-14(18)16-12-7-9-19-13-5-3-2-4-11(12)13/h2-5,12H,6-9H2,1H3,(H,15,17)(H,16,18). The third-order valence-corrected chi connectivity index (χ3v) is 3.02. The van der Waals surface area contributed by atoms with Gasteiger partial charge < -0.3 is 15.4 Å². The molecular weight excluding hydrogens is 244 g/mol. The molecular formula is C14H18N2O3. The molecule has 5 nitrogen and oxygen atoms in total. The fraction of sp³-hybridized carbons (Fsp3) is 0.429. The van der Waals surface area contributed by atoms with Crippen molar-refractivity contribution in [3.8, 4) is 5.75 Å². The van der Waals surface area contributed by atoms with E-state index in [1.165, 1.54) is 6.92 Å². The first-order chi connectivity index (χ1) is 9.16. The first kappa shape index (κ1) is 13.4. The van der Waals surface area contributed by atoms with Gasteiger partial charge in [0.1, 0.15) is 5.75 Å². The Labute approximate surface area is 112 Å². The van der Waals surface area contributed by atoms with Gasteiger partial charge in [0.2, 0.25) is 11.8 Å². The van der Waals surface area contributed by atoms with Crippen molar-refractivity contribution in [2.24, 2.45) is 0 Å². The maximum absolute atomic E-state index is 11.8. The summed E-state index contributed by atoms with van der Waals surface area (Å²) < 4.78 is 5.54. The minimum atomic E-state index is -0.121. The molecule has 2 N–H and O–H groups in total. The number of para-hydroxylation sites is 1. The van der Waals surface area contributed by atoms with Crippen LogP contribution in [0.3, 0.4) is 0 Å². The minimum absolute atomic E-state index is 0.00484. The zero-order chi connectivity index (χ0) is 13.7. The van der Waals surface area contributed by atoms with Crippen molar-refractivity contribution in [2.45, 2.75) is 25.8 Å². The van der Waals surface area contributed by atoms with Crippen LogP contribution in [0.15, 0.2) is 24.3 Å². The van der Waals surface area contributed by atoms with Crippen molar-refractivity contribution in [2.75, 3.05) is 13.2 Å². The number of fused-ring (bicyclic) bond motifs is 1. The summed E-state index contributed by atoms with van der Waals surface area (Å²) >= 11 is 0. The van der Waals surface area contributed by atoms with Crippen molar-refractivity contribution in [1.29, 1.82) is 0 Å². The zero-order valence-corrected chi connectivity index (χ0v) is 10.9. The molecule has 0 aliphatic carbocycles. The average molecular weight is 262 g/mol. The molecule has 1 heterocycles. The summed E-state index contributed by atoms with van der Waals surface area (Å²) in [4.78, 5) is 22.5. The van der Waals surface area contributed by atoms with Crippen LogP contribution in [0.5, 0.6) is 5.75 Å². The third kappa shape index (κ3) is 3.71. The fourth-order valence-corrected chi connectivity index (χ4v) is 2.11. The van der Waals surface area contributed by atoms with Gasteiger partial charge in [0.05, 0.1) is 12.6 Å². The van der Waals surface area contributed by atoms with Gasteiger partial charge >= 0.3 is 0 Å². The summed E-state index contributed by atoms with van der Waals surface area (Å²) in [6.07, 6.45) is 1.06. The summed E-state index contributed by atoms with van der Waals surface area (Å²) in [5.74, 6) is 0.653. The van der Waals surface area contributed by atoms with E-state index in [2.05, 4.69) is 10.6 Å². The molecule has 0 radical (unpaired) electrons. The van der Waals surface area contributed by atoms with Gasteiger partial charge in [0.15, 0.2) is 0 Å². The topological polar surface area (TPSA) is 67.4 Å². The number of benzene rings is 1. The number of ether oxygens (including phenoxy) is 1. The van der Waals surface area contributed by atoms with Crippen LogP contribution < -0.4 is 15.4 Å². The second-order valence-corrected chi connectivity index (χ2v) is 4.53. The monoisotopic (exact) mass is 262 g/mol. The number of hydrogen-bond donors (Lipinski definition) is 2. The highest BCUT2D eigenvalue weighted by atomic mass is 16.5. The van der Waals surface area contributed by atoms with Crippen molar-refractivity contribution in [3.05, 3.63) is 29.8 Å². The lowest BCUT2D eigenvalue weighted by Gasteiger charge is -2.26. The number of amides is 2. The highest BCUT2D eigenvalue weighted by molar-refractivity contribution is 5.78. The maximum Gasteiger partial charge on any atom is 0.222 e. The molecule has 19 heavy (non-hydrogen) atoms. The lowest BCUT2D eigenvalue weighted by Crippen LogP contribution is -2.34. The molecule has 5 heteroatoms. The van der Waals surface area contributed by atoms with E-state index in [-0.39, 0.29) is 17.9 Å². The molecule has 1 aromatic carbocycles.